The van der Waals surface area contributed by atoms with E-state index >= 15 is 0 Å². The second-order valence-corrected chi connectivity index (χ2v) is 5.26. The molecule has 0 atom stereocenters. The van der Waals surface area contributed by atoms with Crippen LogP contribution in [0, 0.1) is 13.8 Å². The Hall–Kier alpha value is -1.49. The van der Waals surface area contributed by atoms with Crippen LogP contribution in [0.1, 0.15) is 34.7 Å². The van der Waals surface area contributed by atoms with Gasteiger partial charge in [-0.15, -0.1) is 11.3 Å². The Bertz CT molecular complexity index is 523. The fraction of sp³-hybridized carbons (Fsp3) is 0.462. The van der Waals surface area contributed by atoms with E-state index in [0.717, 1.165) is 40.0 Å². The van der Waals surface area contributed by atoms with Gasteiger partial charge in [-0.25, -0.2) is 15.0 Å². The van der Waals surface area contributed by atoms with Crippen molar-refractivity contribution in [1.82, 2.24) is 15.0 Å². The van der Waals surface area contributed by atoms with Gasteiger partial charge in [0.05, 0.1) is 17.1 Å². The number of anilines is 1. The van der Waals surface area contributed by atoms with E-state index < -0.39 is 0 Å². The molecule has 0 unspecified atom stereocenters. The molecule has 1 N–H and O–H groups in total. The summed E-state index contributed by atoms with van der Waals surface area (Å²) in [4.78, 5) is 13.6. The number of nitrogens with zero attached hydrogens (tertiary/aromatic N) is 3. The molecule has 2 rings (SSSR count). The average molecular weight is 262 g/mol. The first-order valence-electron chi connectivity index (χ1n) is 6.09. The van der Waals surface area contributed by atoms with Crippen LogP contribution in [-0.2, 0) is 12.8 Å². The molecule has 0 saturated carbocycles. The highest BCUT2D eigenvalue weighted by atomic mass is 32.1. The summed E-state index contributed by atoms with van der Waals surface area (Å²) in [6.07, 6.45) is 1.62. The first-order chi connectivity index (χ1) is 8.63. The van der Waals surface area contributed by atoms with Crippen molar-refractivity contribution in [3.8, 4) is 0 Å². The maximum Gasteiger partial charge on any atom is 0.137 e. The van der Waals surface area contributed by atoms with Crippen LogP contribution < -0.4 is 5.32 Å². The number of hydrogen-bond acceptors (Lipinski definition) is 5. The average Bonchev–Trinajstić information content (AvgIpc) is 2.76. The van der Waals surface area contributed by atoms with Crippen molar-refractivity contribution in [2.75, 3.05) is 12.4 Å². The van der Waals surface area contributed by atoms with Crippen LogP contribution in [0.2, 0.25) is 0 Å². The zero-order valence-corrected chi connectivity index (χ0v) is 12.1. The van der Waals surface area contributed by atoms with Gasteiger partial charge in [0, 0.05) is 23.7 Å². The standard InChI is InChI=1S/C13H18N4S/c1-5-11-8(2)13(14-4)17-12(16-11)6-10-7-18-9(3)15-10/h7H,5-6H2,1-4H3,(H,14,16,17). The molecule has 0 aliphatic carbocycles. The van der Waals surface area contributed by atoms with E-state index in [1.807, 2.05) is 14.0 Å². The lowest BCUT2D eigenvalue weighted by molar-refractivity contribution is 0.879. The van der Waals surface area contributed by atoms with Crippen molar-refractivity contribution in [3.63, 3.8) is 0 Å². The van der Waals surface area contributed by atoms with Gasteiger partial charge in [-0.1, -0.05) is 6.92 Å². The Morgan fingerprint density at radius 2 is 2.00 bits per heavy atom. The Morgan fingerprint density at radius 1 is 1.22 bits per heavy atom. The van der Waals surface area contributed by atoms with Gasteiger partial charge in [-0.05, 0) is 20.3 Å². The molecular formula is C13H18N4S. The second-order valence-electron chi connectivity index (χ2n) is 4.20. The minimum absolute atomic E-state index is 0.701. The largest absolute Gasteiger partial charge is 0.373 e. The minimum atomic E-state index is 0.701. The van der Waals surface area contributed by atoms with Crippen molar-refractivity contribution in [3.05, 3.63) is 33.2 Å². The van der Waals surface area contributed by atoms with Gasteiger partial charge >= 0.3 is 0 Å². The summed E-state index contributed by atoms with van der Waals surface area (Å²) >= 11 is 1.66. The van der Waals surface area contributed by atoms with Crippen LogP contribution in [0.3, 0.4) is 0 Å². The van der Waals surface area contributed by atoms with Gasteiger partial charge in [-0.2, -0.15) is 0 Å². The van der Waals surface area contributed by atoms with Crippen molar-refractivity contribution >= 4 is 17.2 Å². The molecule has 4 nitrogen and oxygen atoms in total. The normalized spacial score (nSPS) is 10.7. The van der Waals surface area contributed by atoms with E-state index in [1.54, 1.807) is 11.3 Å². The van der Waals surface area contributed by atoms with Crippen LogP contribution in [-0.4, -0.2) is 22.0 Å². The fourth-order valence-electron chi connectivity index (χ4n) is 1.93. The monoisotopic (exact) mass is 262 g/mol. The zero-order chi connectivity index (χ0) is 13.1. The number of nitrogens with one attached hydrogen (secondary N) is 1. The number of aryl methyl sites for hydroxylation is 2. The second kappa shape index (κ2) is 5.44. The van der Waals surface area contributed by atoms with Gasteiger partial charge in [0.1, 0.15) is 11.6 Å². The van der Waals surface area contributed by atoms with Gasteiger partial charge < -0.3 is 5.32 Å². The van der Waals surface area contributed by atoms with Gasteiger partial charge in [-0.3, -0.25) is 0 Å². The Kier molecular flexibility index (Phi) is 3.91. The third-order valence-electron chi connectivity index (χ3n) is 2.87. The lowest BCUT2D eigenvalue weighted by Crippen LogP contribution is -2.07. The molecule has 0 aliphatic heterocycles. The lowest BCUT2D eigenvalue weighted by Gasteiger charge is -2.10. The summed E-state index contributed by atoms with van der Waals surface area (Å²) in [5, 5.41) is 6.29. The Balaban J connectivity index is 2.33. The summed E-state index contributed by atoms with van der Waals surface area (Å²) in [5.41, 5.74) is 3.29. The van der Waals surface area contributed by atoms with E-state index in [1.165, 1.54) is 0 Å². The molecule has 18 heavy (non-hydrogen) atoms. The van der Waals surface area contributed by atoms with E-state index in [4.69, 9.17) is 0 Å². The van der Waals surface area contributed by atoms with Crippen molar-refractivity contribution in [2.24, 2.45) is 0 Å². The number of rotatable bonds is 4. The predicted octanol–water partition coefficient (Wildman–Crippen LogP) is 2.74. The minimum Gasteiger partial charge on any atom is -0.373 e. The molecule has 5 heteroatoms. The van der Waals surface area contributed by atoms with Crippen molar-refractivity contribution in [2.45, 2.75) is 33.6 Å². The highest BCUT2D eigenvalue weighted by Crippen LogP contribution is 2.18. The Morgan fingerprint density at radius 3 is 2.56 bits per heavy atom. The molecule has 0 fully saturated rings. The molecule has 0 spiro atoms. The van der Waals surface area contributed by atoms with Gasteiger partial charge in [0.2, 0.25) is 0 Å². The highest BCUT2D eigenvalue weighted by Gasteiger charge is 2.10. The molecule has 2 aromatic heterocycles. The molecule has 2 heterocycles. The number of hydrogen-bond donors (Lipinski definition) is 1. The molecule has 0 amide bonds. The summed E-state index contributed by atoms with van der Waals surface area (Å²) in [7, 11) is 1.89. The van der Waals surface area contributed by atoms with Crippen LogP contribution in [0.25, 0.3) is 0 Å². The summed E-state index contributed by atoms with van der Waals surface area (Å²) in [6, 6.07) is 0. The smallest absolute Gasteiger partial charge is 0.137 e. The zero-order valence-electron chi connectivity index (χ0n) is 11.2. The number of thiazole rings is 1. The van der Waals surface area contributed by atoms with Crippen LogP contribution in [0.15, 0.2) is 5.38 Å². The third-order valence-corrected chi connectivity index (χ3v) is 3.69. The SMILES string of the molecule is CCc1nc(Cc2csc(C)n2)nc(NC)c1C. The third kappa shape index (κ3) is 2.67. The first kappa shape index (κ1) is 13.0. The quantitative estimate of drug-likeness (QED) is 0.920. The summed E-state index contributed by atoms with van der Waals surface area (Å²) in [5.74, 6) is 1.76. The maximum atomic E-state index is 4.62. The van der Waals surface area contributed by atoms with Crippen LogP contribution in [0.5, 0.6) is 0 Å². The highest BCUT2D eigenvalue weighted by molar-refractivity contribution is 7.09. The lowest BCUT2D eigenvalue weighted by atomic mass is 10.2. The molecule has 2 aromatic rings. The van der Waals surface area contributed by atoms with E-state index in [-0.39, 0.29) is 0 Å². The van der Waals surface area contributed by atoms with E-state index in [0.29, 0.717) is 6.42 Å². The van der Waals surface area contributed by atoms with E-state index in [2.05, 4.69) is 39.5 Å². The van der Waals surface area contributed by atoms with Crippen molar-refractivity contribution < 1.29 is 0 Å². The molecule has 0 aromatic carbocycles. The first-order valence-corrected chi connectivity index (χ1v) is 6.97. The van der Waals surface area contributed by atoms with Crippen LogP contribution in [0.4, 0.5) is 5.82 Å². The molecule has 0 radical (unpaired) electrons. The Labute approximate surface area is 112 Å². The van der Waals surface area contributed by atoms with Crippen molar-refractivity contribution in [1.29, 1.82) is 0 Å². The molecule has 0 saturated heterocycles. The summed E-state index contributed by atoms with van der Waals surface area (Å²) < 4.78 is 0. The van der Waals surface area contributed by atoms with Gasteiger partial charge in [0.25, 0.3) is 0 Å². The summed E-state index contributed by atoms with van der Waals surface area (Å²) in [6.45, 7) is 6.19. The molecule has 0 aliphatic rings. The predicted molar refractivity (Wildman–Crippen MR) is 75.4 cm³/mol. The fourth-order valence-corrected chi connectivity index (χ4v) is 2.54. The molecular weight excluding hydrogens is 244 g/mol. The topological polar surface area (TPSA) is 50.7 Å². The molecule has 0 bridgehead atoms. The van der Waals surface area contributed by atoms with Gasteiger partial charge in [0.15, 0.2) is 0 Å². The maximum absolute atomic E-state index is 4.62. The molecule has 96 valence electrons. The van der Waals surface area contributed by atoms with Crippen LogP contribution >= 0.6 is 11.3 Å². The number of aromatic nitrogens is 3. The van der Waals surface area contributed by atoms with E-state index in [9.17, 15) is 0 Å².